The first kappa shape index (κ1) is 26.8. The fourth-order valence-electron chi connectivity index (χ4n) is 5.14. The summed E-state index contributed by atoms with van der Waals surface area (Å²) in [5.74, 6) is -0.426. The van der Waals surface area contributed by atoms with Crippen molar-refractivity contribution in [1.29, 1.82) is 0 Å². The molecule has 0 saturated carbocycles. The summed E-state index contributed by atoms with van der Waals surface area (Å²) in [4.78, 5) is 32.1. The van der Waals surface area contributed by atoms with E-state index in [1.54, 1.807) is 12.1 Å². The number of fused-ring (bicyclic) bond motifs is 1. The smallest absolute Gasteiger partial charge is 0.225 e. The van der Waals surface area contributed by atoms with Gasteiger partial charge in [-0.3, -0.25) is 4.79 Å². The van der Waals surface area contributed by atoms with Gasteiger partial charge in [0.15, 0.2) is 11.6 Å². The topological polar surface area (TPSA) is 97.0 Å². The van der Waals surface area contributed by atoms with Crippen molar-refractivity contribution in [3.63, 3.8) is 0 Å². The van der Waals surface area contributed by atoms with E-state index in [9.17, 15) is 9.18 Å². The zero-order chi connectivity index (χ0) is 27.4. The molecular weight excluding hydrogens is 502 g/mol. The van der Waals surface area contributed by atoms with Gasteiger partial charge in [-0.1, -0.05) is 19.1 Å². The molecule has 1 aliphatic heterocycles. The van der Waals surface area contributed by atoms with Crippen LogP contribution in [0.25, 0.3) is 11.0 Å². The maximum absolute atomic E-state index is 15.3. The van der Waals surface area contributed by atoms with Gasteiger partial charge in [-0.2, -0.15) is 0 Å². The molecule has 39 heavy (non-hydrogen) atoms. The van der Waals surface area contributed by atoms with Gasteiger partial charge in [0.1, 0.15) is 17.8 Å². The van der Waals surface area contributed by atoms with E-state index in [1.807, 2.05) is 17.0 Å². The Bertz CT molecular complexity index is 1450. The molecule has 10 heteroatoms. The van der Waals surface area contributed by atoms with E-state index in [4.69, 9.17) is 5.11 Å². The molecule has 1 aliphatic rings. The number of hydrogen-bond acceptors (Lipinski definition) is 7. The average molecular weight is 535 g/mol. The molecule has 204 valence electrons. The number of rotatable bonds is 10. The Morgan fingerprint density at radius 1 is 1.05 bits per heavy atom. The number of carbonyl (C=O) groups is 1. The quantitative estimate of drug-likeness (QED) is 0.230. The molecule has 1 fully saturated rings. The summed E-state index contributed by atoms with van der Waals surface area (Å²) in [5, 5.41) is 9.19. The molecule has 3 aromatic heterocycles. The predicted molar refractivity (Wildman–Crippen MR) is 144 cm³/mol. The number of aliphatic hydroxyl groups excluding tert-OH is 1. The van der Waals surface area contributed by atoms with Crippen molar-refractivity contribution in [3.8, 4) is 0 Å². The monoisotopic (exact) mass is 534 g/mol. The van der Waals surface area contributed by atoms with Crippen molar-refractivity contribution in [2.24, 2.45) is 0 Å². The summed E-state index contributed by atoms with van der Waals surface area (Å²) < 4.78 is 32.1. The third kappa shape index (κ3) is 5.80. The van der Waals surface area contributed by atoms with Crippen LogP contribution in [-0.2, 0) is 12.8 Å². The Morgan fingerprint density at radius 2 is 1.82 bits per heavy atom. The molecule has 1 N–H and O–H groups in total. The normalized spacial score (nSPS) is 14.3. The lowest BCUT2D eigenvalue weighted by atomic mass is 10.0. The van der Waals surface area contributed by atoms with Crippen LogP contribution in [0.5, 0.6) is 0 Å². The molecule has 0 aliphatic carbocycles. The van der Waals surface area contributed by atoms with Gasteiger partial charge in [-0.05, 0) is 49.3 Å². The van der Waals surface area contributed by atoms with Gasteiger partial charge < -0.3 is 14.6 Å². The lowest BCUT2D eigenvalue weighted by Crippen LogP contribution is -2.35. The average Bonchev–Trinajstić information content (AvgIpc) is 3.31. The van der Waals surface area contributed by atoms with E-state index in [0.29, 0.717) is 41.1 Å². The fraction of sp³-hybridized carbons (Fsp3) is 0.414. The van der Waals surface area contributed by atoms with Crippen molar-refractivity contribution >= 4 is 22.8 Å². The van der Waals surface area contributed by atoms with Gasteiger partial charge in [0.2, 0.25) is 5.95 Å². The van der Waals surface area contributed by atoms with Gasteiger partial charge in [-0.25, -0.2) is 28.7 Å². The summed E-state index contributed by atoms with van der Waals surface area (Å²) in [5.41, 5.74) is 2.61. The standard InChI is InChI=1S/C29H32F2N6O2/c1-2-19-15-32-29(33-16-19)36-10-8-22(9-11-36)37-17-24(31)27-25(34-18-35-28(27)37)14-20-6-7-21(13-23(20)30)26(39)5-3-4-12-38/h6-7,13,15-18,22,38H,2-5,8-12,14H2,1H3. The molecule has 1 saturated heterocycles. The number of anilines is 1. The Balaban J connectivity index is 1.31. The highest BCUT2D eigenvalue weighted by Crippen LogP contribution is 2.31. The SMILES string of the molecule is CCc1cnc(N2CCC(n3cc(F)c4c(Cc5ccc(C(=O)CCCCO)cc5F)ncnc43)CC2)nc1. The van der Waals surface area contributed by atoms with Crippen molar-refractivity contribution in [1.82, 2.24) is 24.5 Å². The van der Waals surface area contributed by atoms with Crippen LogP contribution in [-0.4, -0.2) is 55.1 Å². The van der Waals surface area contributed by atoms with Crippen molar-refractivity contribution in [2.45, 2.75) is 57.9 Å². The Kier molecular flexibility index (Phi) is 8.21. The highest BCUT2D eigenvalue weighted by Gasteiger charge is 2.26. The first-order valence-electron chi connectivity index (χ1n) is 13.5. The van der Waals surface area contributed by atoms with E-state index in [1.165, 1.54) is 18.6 Å². The zero-order valence-electron chi connectivity index (χ0n) is 22.0. The van der Waals surface area contributed by atoms with Gasteiger partial charge in [0.25, 0.3) is 0 Å². The maximum atomic E-state index is 15.3. The van der Waals surface area contributed by atoms with Crippen LogP contribution in [0.4, 0.5) is 14.7 Å². The second kappa shape index (κ2) is 11.9. The second-order valence-corrected chi connectivity index (χ2v) is 9.95. The minimum absolute atomic E-state index is 0.0218. The Morgan fingerprint density at radius 3 is 2.51 bits per heavy atom. The molecule has 0 bridgehead atoms. The molecule has 0 radical (unpaired) electrons. The van der Waals surface area contributed by atoms with Crippen LogP contribution in [0.15, 0.2) is 43.1 Å². The fourth-order valence-corrected chi connectivity index (χ4v) is 5.14. The highest BCUT2D eigenvalue weighted by atomic mass is 19.1. The largest absolute Gasteiger partial charge is 0.396 e. The van der Waals surface area contributed by atoms with Crippen molar-refractivity contribution in [2.75, 3.05) is 24.6 Å². The first-order chi connectivity index (χ1) is 19.0. The number of aromatic nitrogens is 5. The predicted octanol–water partition coefficient (Wildman–Crippen LogP) is 4.84. The molecule has 5 rings (SSSR count). The number of benzene rings is 1. The van der Waals surface area contributed by atoms with Crippen LogP contribution in [0, 0.1) is 11.6 Å². The number of Topliss-reactive ketones (excluding diaryl/α,β-unsaturated/α-hetero) is 1. The Hall–Kier alpha value is -3.79. The number of nitrogens with zero attached hydrogens (tertiary/aromatic N) is 6. The van der Waals surface area contributed by atoms with Crippen LogP contribution in [0.3, 0.4) is 0 Å². The van der Waals surface area contributed by atoms with E-state index in [0.717, 1.165) is 37.9 Å². The number of hydrogen-bond donors (Lipinski definition) is 1. The van der Waals surface area contributed by atoms with Gasteiger partial charge in [-0.15, -0.1) is 0 Å². The minimum Gasteiger partial charge on any atom is -0.396 e. The number of piperidine rings is 1. The number of unbranched alkanes of at least 4 members (excludes halogenated alkanes) is 1. The number of halogens is 2. The number of ketones is 1. The van der Waals surface area contributed by atoms with Gasteiger partial charge in [0.05, 0.1) is 11.1 Å². The third-order valence-corrected chi connectivity index (χ3v) is 7.43. The minimum atomic E-state index is -0.531. The van der Waals surface area contributed by atoms with E-state index < -0.39 is 11.6 Å². The summed E-state index contributed by atoms with van der Waals surface area (Å²) >= 11 is 0. The molecular formula is C29H32F2N6O2. The molecule has 0 amide bonds. The Labute approximate surface area is 225 Å². The summed E-state index contributed by atoms with van der Waals surface area (Å²) in [6.45, 7) is 3.57. The number of carbonyl (C=O) groups excluding carboxylic acids is 1. The zero-order valence-corrected chi connectivity index (χ0v) is 22.0. The maximum Gasteiger partial charge on any atom is 0.225 e. The number of aryl methyl sites for hydroxylation is 1. The molecule has 0 unspecified atom stereocenters. The first-order valence-corrected chi connectivity index (χ1v) is 13.5. The van der Waals surface area contributed by atoms with E-state index >= 15 is 4.39 Å². The molecule has 0 atom stereocenters. The van der Waals surface area contributed by atoms with Crippen LogP contribution < -0.4 is 4.90 Å². The second-order valence-electron chi connectivity index (χ2n) is 9.95. The van der Waals surface area contributed by atoms with E-state index in [-0.39, 0.29) is 36.8 Å². The number of aliphatic hydroxyl groups is 1. The summed E-state index contributed by atoms with van der Waals surface area (Å²) in [7, 11) is 0. The van der Waals surface area contributed by atoms with E-state index in [2.05, 4.69) is 31.8 Å². The summed E-state index contributed by atoms with van der Waals surface area (Å²) in [6.07, 6.45) is 10.4. The van der Waals surface area contributed by atoms with Crippen molar-refractivity contribution < 1.29 is 18.7 Å². The highest BCUT2D eigenvalue weighted by molar-refractivity contribution is 5.96. The van der Waals surface area contributed by atoms with Crippen molar-refractivity contribution in [3.05, 3.63) is 77.1 Å². The molecule has 0 spiro atoms. The van der Waals surface area contributed by atoms with Crippen LogP contribution in [0.2, 0.25) is 0 Å². The molecule has 8 nitrogen and oxygen atoms in total. The van der Waals surface area contributed by atoms with Crippen LogP contribution >= 0.6 is 0 Å². The van der Waals surface area contributed by atoms with Gasteiger partial charge >= 0.3 is 0 Å². The third-order valence-electron chi connectivity index (χ3n) is 7.43. The molecule has 1 aromatic carbocycles. The molecule has 4 aromatic rings. The van der Waals surface area contributed by atoms with Crippen LogP contribution in [0.1, 0.15) is 72.2 Å². The lowest BCUT2D eigenvalue weighted by molar-refractivity contribution is 0.0977. The molecule has 4 heterocycles. The summed E-state index contributed by atoms with van der Waals surface area (Å²) in [6, 6.07) is 4.43. The van der Waals surface area contributed by atoms with Gasteiger partial charge in [0, 0.05) is 62.7 Å². The lowest BCUT2D eigenvalue weighted by Gasteiger charge is -2.32.